The van der Waals surface area contributed by atoms with Crippen LogP contribution in [0.4, 0.5) is 8.78 Å². The zero-order chi connectivity index (χ0) is 23.0. The van der Waals surface area contributed by atoms with Crippen molar-refractivity contribution in [3.8, 4) is 17.0 Å². The SMILES string of the molecule is O=C1C[C@@H](C(=O)NC23CC(n4cnc(-c5ccc(F)c(F)c5)c4)(C2)C3)Oc2ccc(Cl)cc21. The average Bonchev–Trinajstić information content (AvgIpc) is 3.21. The minimum Gasteiger partial charge on any atom is -0.479 e. The van der Waals surface area contributed by atoms with Gasteiger partial charge in [0.2, 0.25) is 0 Å². The molecule has 6 nitrogen and oxygen atoms in total. The minimum atomic E-state index is -0.914. The molecule has 2 aromatic carbocycles. The lowest BCUT2D eigenvalue weighted by molar-refractivity contribution is -0.160. The van der Waals surface area contributed by atoms with Gasteiger partial charge in [0.1, 0.15) is 5.75 Å². The van der Waals surface area contributed by atoms with Gasteiger partial charge in [0.05, 0.1) is 29.5 Å². The molecule has 1 atom stereocenters. The van der Waals surface area contributed by atoms with Crippen LogP contribution in [0.1, 0.15) is 36.0 Å². The minimum absolute atomic E-state index is 0.0283. The fraction of sp³-hybridized carbons (Fsp3) is 0.292. The van der Waals surface area contributed by atoms with Crippen LogP contribution < -0.4 is 10.1 Å². The molecule has 33 heavy (non-hydrogen) atoms. The third-order valence-corrected chi connectivity index (χ3v) is 7.15. The number of benzene rings is 2. The van der Waals surface area contributed by atoms with Gasteiger partial charge in [-0.3, -0.25) is 9.59 Å². The zero-order valence-electron chi connectivity index (χ0n) is 17.3. The van der Waals surface area contributed by atoms with Gasteiger partial charge in [-0.05, 0) is 55.7 Å². The molecule has 9 heteroatoms. The number of nitrogens with zero attached hydrogens (tertiary/aromatic N) is 2. The highest BCUT2D eigenvalue weighted by Gasteiger charge is 2.70. The predicted molar refractivity (Wildman–Crippen MR) is 115 cm³/mol. The molecule has 0 saturated heterocycles. The maximum Gasteiger partial charge on any atom is 0.261 e. The number of nitrogens with one attached hydrogen (secondary N) is 1. The highest BCUT2D eigenvalue weighted by molar-refractivity contribution is 6.31. The molecule has 0 radical (unpaired) electrons. The predicted octanol–water partition coefficient (Wildman–Crippen LogP) is 4.26. The molecule has 2 bridgehead atoms. The first-order valence-corrected chi connectivity index (χ1v) is 11.0. The topological polar surface area (TPSA) is 73.2 Å². The second-order valence-electron chi connectivity index (χ2n) is 9.19. The Bertz CT molecular complexity index is 1320. The molecule has 1 aromatic heterocycles. The summed E-state index contributed by atoms with van der Waals surface area (Å²) in [4.78, 5) is 29.6. The van der Waals surface area contributed by atoms with Gasteiger partial charge in [0.25, 0.3) is 5.91 Å². The number of Topliss-reactive ketones (excluding diaryl/α,β-unsaturated/α-hetero) is 1. The molecular formula is C24H18ClF2N3O3. The number of rotatable bonds is 4. The standard InChI is InChI=1S/C24H18ClF2N3O3/c25-14-2-4-20-15(6-14)19(31)7-21(33-20)22(32)29-23-9-24(10-23,11-23)30-8-18(28-12-30)13-1-3-16(26)17(27)5-13/h1-6,8,12,21H,7,9-11H2,(H,29,32)/t21-,23?,24?/m0/s1. The molecule has 0 spiro atoms. The lowest BCUT2D eigenvalue weighted by Crippen LogP contribution is -2.79. The molecule has 1 amide bonds. The van der Waals surface area contributed by atoms with Crippen molar-refractivity contribution in [1.82, 2.24) is 14.9 Å². The van der Waals surface area contributed by atoms with Gasteiger partial charge in [-0.1, -0.05) is 11.6 Å². The van der Waals surface area contributed by atoms with Crippen molar-refractivity contribution in [2.75, 3.05) is 0 Å². The van der Waals surface area contributed by atoms with Crippen molar-refractivity contribution in [2.24, 2.45) is 0 Å². The first kappa shape index (κ1) is 20.4. The Labute approximate surface area is 192 Å². The van der Waals surface area contributed by atoms with E-state index in [2.05, 4.69) is 10.3 Å². The van der Waals surface area contributed by atoms with Gasteiger partial charge in [0.15, 0.2) is 23.5 Å². The monoisotopic (exact) mass is 469 g/mol. The number of hydrogen-bond donors (Lipinski definition) is 1. The molecule has 4 aliphatic rings. The summed E-state index contributed by atoms with van der Waals surface area (Å²) in [6.07, 6.45) is 4.79. The summed E-state index contributed by atoms with van der Waals surface area (Å²) >= 11 is 5.95. The summed E-state index contributed by atoms with van der Waals surface area (Å²) in [7, 11) is 0. The third kappa shape index (κ3) is 3.15. The number of ether oxygens (including phenoxy) is 1. The lowest BCUT2D eigenvalue weighted by Gasteiger charge is -2.70. The number of ketones is 1. The van der Waals surface area contributed by atoms with E-state index in [1.54, 1.807) is 24.5 Å². The number of carbonyl (C=O) groups excluding carboxylic acids is 2. The van der Waals surface area contributed by atoms with E-state index in [9.17, 15) is 18.4 Å². The van der Waals surface area contributed by atoms with E-state index >= 15 is 0 Å². The van der Waals surface area contributed by atoms with Gasteiger partial charge in [-0.2, -0.15) is 0 Å². The van der Waals surface area contributed by atoms with Gasteiger partial charge in [0, 0.05) is 22.3 Å². The van der Waals surface area contributed by atoms with Gasteiger partial charge in [-0.15, -0.1) is 0 Å². The molecule has 7 rings (SSSR count). The van der Waals surface area contributed by atoms with Crippen molar-refractivity contribution < 1.29 is 23.1 Å². The lowest BCUT2D eigenvalue weighted by atomic mass is 9.44. The highest BCUT2D eigenvalue weighted by Crippen LogP contribution is 2.65. The van der Waals surface area contributed by atoms with Crippen LogP contribution in [0, 0.1) is 11.6 Å². The normalized spacial score (nSPS) is 27.1. The van der Waals surface area contributed by atoms with Crippen molar-refractivity contribution in [2.45, 2.75) is 42.9 Å². The molecule has 3 fully saturated rings. The number of carbonyl (C=O) groups is 2. The van der Waals surface area contributed by atoms with E-state index in [0.717, 1.165) is 31.4 Å². The number of halogens is 3. The third-order valence-electron chi connectivity index (χ3n) is 6.91. The molecule has 0 unspecified atom stereocenters. The maximum absolute atomic E-state index is 13.6. The Morgan fingerprint density at radius 3 is 2.70 bits per heavy atom. The summed E-state index contributed by atoms with van der Waals surface area (Å²) in [6.45, 7) is 0. The second-order valence-corrected chi connectivity index (χ2v) is 9.63. The number of amides is 1. The van der Waals surface area contributed by atoms with Crippen LogP contribution in [-0.4, -0.2) is 32.9 Å². The molecule has 1 aliphatic heterocycles. The van der Waals surface area contributed by atoms with E-state index in [1.165, 1.54) is 6.07 Å². The number of hydrogen-bond acceptors (Lipinski definition) is 4. The zero-order valence-corrected chi connectivity index (χ0v) is 18.0. The van der Waals surface area contributed by atoms with E-state index in [0.29, 0.717) is 27.6 Å². The van der Waals surface area contributed by atoms with E-state index in [4.69, 9.17) is 16.3 Å². The fourth-order valence-corrected chi connectivity index (χ4v) is 5.48. The van der Waals surface area contributed by atoms with Crippen LogP contribution in [-0.2, 0) is 10.3 Å². The Hall–Kier alpha value is -3.26. The largest absolute Gasteiger partial charge is 0.479 e. The van der Waals surface area contributed by atoms with Crippen molar-refractivity contribution in [3.05, 3.63) is 71.1 Å². The van der Waals surface area contributed by atoms with Crippen LogP contribution in [0.3, 0.4) is 0 Å². The average molecular weight is 470 g/mol. The fourth-order valence-electron chi connectivity index (χ4n) is 5.31. The Balaban J connectivity index is 1.11. The van der Waals surface area contributed by atoms with Crippen LogP contribution in [0.25, 0.3) is 11.3 Å². The molecule has 1 N–H and O–H groups in total. The second kappa shape index (κ2) is 6.87. The molecule has 2 heterocycles. The smallest absolute Gasteiger partial charge is 0.261 e. The Morgan fingerprint density at radius 1 is 1.15 bits per heavy atom. The summed E-state index contributed by atoms with van der Waals surface area (Å²) in [5.74, 6) is -1.91. The molecule has 3 saturated carbocycles. The maximum atomic E-state index is 13.6. The summed E-state index contributed by atoms with van der Waals surface area (Å²) in [5.41, 5.74) is 0.986. The molecule has 3 aromatic rings. The molecular weight excluding hydrogens is 452 g/mol. The number of imidazole rings is 1. The van der Waals surface area contributed by atoms with Crippen molar-refractivity contribution in [1.29, 1.82) is 0 Å². The molecule has 168 valence electrons. The van der Waals surface area contributed by atoms with Gasteiger partial charge < -0.3 is 14.6 Å². The summed E-state index contributed by atoms with van der Waals surface area (Å²) < 4.78 is 34.5. The quantitative estimate of drug-likeness (QED) is 0.619. The van der Waals surface area contributed by atoms with E-state index in [-0.39, 0.29) is 29.2 Å². The van der Waals surface area contributed by atoms with Crippen molar-refractivity contribution in [3.63, 3.8) is 0 Å². The first-order chi connectivity index (χ1) is 15.8. The van der Waals surface area contributed by atoms with Crippen LogP contribution in [0.15, 0.2) is 48.9 Å². The van der Waals surface area contributed by atoms with Crippen molar-refractivity contribution >= 4 is 23.3 Å². The summed E-state index contributed by atoms with van der Waals surface area (Å²) in [6, 6.07) is 8.49. The number of fused-ring (bicyclic) bond motifs is 1. The van der Waals surface area contributed by atoms with Gasteiger partial charge in [-0.25, -0.2) is 13.8 Å². The highest BCUT2D eigenvalue weighted by atomic mass is 35.5. The van der Waals surface area contributed by atoms with E-state index < -0.39 is 17.7 Å². The van der Waals surface area contributed by atoms with Crippen LogP contribution in [0.2, 0.25) is 5.02 Å². The molecule has 3 aliphatic carbocycles. The Morgan fingerprint density at radius 2 is 1.94 bits per heavy atom. The first-order valence-electron chi connectivity index (χ1n) is 10.6. The van der Waals surface area contributed by atoms with E-state index in [1.807, 2.05) is 10.8 Å². The summed E-state index contributed by atoms with van der Waals surface area (Å²) in [5, 5.41) is 3.52. The van der Waals surface area contributed by atoms with Crippen LogP contribution in [0.5, 0.6) is 5.75 Å². The number of aromatic nitrogens is 2. The Kier molecular flexibility index (Phi) is 4.24. The van der Waals surface area contributed by atoms with Crippen LogP contribution >= 0.6 is 11.6 Å². The van der Waals surface area contributed by atoms with Gasteiger partial charge >= 0.3 is 0 Å².